The van der Waals surface area contributed by atoms with Crippen molar-refractivity contribution < 1.29 is 9.90 Å². The van der Waals surface area contributed by atoms with Crippen LogP contribution in [0.4, 0.5) is 0 Å². The lowest BCUT2D eigenvalue weighted by Gasteiger charge is -2.40. The average Bonchev–Trinajstić information content (AvgIpc) is 3.03. The highest BCUT2D eigenvalue weighted by Crippen LogP contribution is 2.43. The van der Waals surface area contributed by atoms with Crippen molar-refractivity contribution >= 4 is 12.0 Å². The highest BCUT2D eigenvalue weighted by Gasteiger charge is 2.38. The number of carboxylic acid groups (broad SMARTS) is 1. The van der Waals surface area contributed by atoms with Crippen molar-refractivity contribution in [1.82, 2.24) is 4.90 Å². The molecule has 0 amide bonds. The number of rotatable bonds is 5. The molecule has 1 N–H and O–H groups in total. The molecule has 3 heteroatoms. The van der Waals surface area contributed by atoms with Crippen LogP contribution in [0.1, 0.15) is 62.5 Å². The van der Waals surface area contributed by atoms with Gasteiger partial charge in [-0.15, -0.1) is 0 Å². The van der Waals surface area contributed by atoms with Crippen LogP contribution in [0.5, 0.6) is 0 Å². The lowest BCUT2D eigenvalue weighted by Crippen LogP contribution is -2.42. The zero-order chi connectivity index (χ0) is 18.0. The van der Waals surface area contributed by atoms with Gasteiger partial charge in [0.2, 0.25) is 0 Å². The first-order valence-electron chi connectivity index (χ1n) is 10.4. The smallest absolute Gasteiger partial charge is 0.306 e. The standard InChI is InChI=1S/C23H31NO2/c25-22(26)20(18-6-2-1-3-7-18)11-15-24-16-13-23(14-17-24)12-10-19-8-4-5-9-21(19)23/h4-5,8-10,12,18,20H,1-3,6-7,11,13-17H2,(H,25,26). The number of carbonyl (C=O) groups is 1. The molecule has 3 aliphatic rings. The Labute approximate surface area is 157 Å². The number of fused-ring (bicyclic) bond motifs is 2. The van der Waals surface area contributed by atoms with Crippen molar-refractivity contribution in [3.63, 3.8) is 0 Å². The Morgan fingerprint density at radius 3 is 2.62 bits per heavy atom. The number of benzene rings is 1. The molecule has 4 rings (SSSR count). The summed E-state index contributed by atoms with van der Waals surface area (Å²) in [4.78, 5) is 14.3. The molecule has 1 saturated carbocycles. The minimum atomic E-state index is -0.571. The molecule has 1 atom stereocenters. The summed E-state index contributed by atoms with van der Waals surface area (Å²) in [6.07, 6.45) is 13.8. The molecule has 26 heavy (non-hydrogen) atoms. The van der Waals surface area contributed by atoms with Gasteiger partial charge in [0.15, 0.2) is 0 Å². The summed E-state index contributed by atoms with van der Waals surface area (Å²) in [6, 6.07) is 8.78. The third-order valence-corrected chi connectivity index (χ3v) is 7.12. The maximum atomic E-state index is 11.8. The van der Waals surface area contributed by atoms with E-state index in [1.165, 1.54) is 30.4 Å². The molecular formula is C23H31NO2. The number of likely N-dealkylation sites (tertiary alicyclic amines) is 1. The largest absolute Gasteiger partial charge is 0.481 e. The second kappa shape index (κ2) is 7.56. The number of allylic oxidation sites excluding steroid dienone is 1. The second-order valence-electron chi connectivity index (χ2n) is 8.55. The van der Waals surface area contributed by atoms with Gasteiger partial charge in [-0.05, 0) is 68.8 Å². The molecule has 140 valence electrons. The molecule has 1 aliphatic heterocycles. The van der Waals surface area contributed by atoms with E-state index >= 15 is 0 Å². The van der Waals surface area contributed by atoms with Crippen LogP contribution in [-0.2, 0) is 10.2 Å². The van der Waals surface area contributed by atoms with Crippen molar-refractivity contribution in [2.75, 3.05) is 19.6 Å². The third-order valence-electron chi connectivity index (χ3n) is 7.12. The number of nitrogens with zero attached hydrogens (tertiary/aromatic N) is 1. The van der Waals surface area contributed by atoms with Gasteiger partial charge in [0.1, 0.15) is 0 Å². The Bertz CT molecular complexity index is 667. The zero-order valence-electron chi connectivity index (χ0n) is 15.7. The van der Waals surface area contributed by atoms with Crippen molar-refractivity contribution in [3.05, 3.63) is 41.5 Å². The summed E-state index contributed by atoms with van der Waals surface area (Å²) in [6.45, 7) is 3.10. The summed E-state index contributed by atoms with van der Waals surface area (Å²) in [5, 5.41) is 9.70. The molecule has 1 aromatic rings. The number of hydrogen-bond donors (Lipinski definition) is 1. The first kappa shape index (κ1) is 17.8. The van der Waals surface area contributed by atoms with Gasteiger partial charge in [-0.2, -0.15) is 0 Å². The van der Waals surface area contributed by atoms with E-state index in [-0.39, 0.29) is 11.3 Å². The molecule has 3 nitrogen and oxygen atoms in total. The minimum absolute atomic E-state index is 0.140. The Kier molecular flexibility index (Phi) is 5.17. The first-order valence-corrected chi connectivity index (χ1v) is 10.4. The van der Waals surface area contributed by atoms with E-state index in [2.05, 4.69) is 41.3 Å². The quantitative estimate of drug-likeness (QED) is 0.833. The molecule has 0 radical (unpaired) electrons. The highest BCUT2D eigenvalue weighted by molar-refractivity contribution is 5.70. The molecule has 1 saturated heterocycles. The lowest BCUT2D eigenvalue weighted by atomic mass is 9.74. The van der Waals surface area contributed by atoms with Crippen LogP contribution in [0.2, 0.25) is 0 Å². The summed E-state index contributed by atoms with van der Waals surface area (Å²) < 4.78 is 0. The van der Waals surface area contributed by atoms with E-state index in [1.54, 1.807) is 0 Å². The van der Waals surface area contributed by atoms with Crippen LogP contribution >= 0.6 is 0 Å². The van der Waals surface area contributed by atoms with Crippen LogP contribution in [0.3, 0.4) is 0 Å². The molecule has 2 aliphatic carbocycles. The summed E-state index contributed by atoms with van der Waals surface area (Å²) in [5.41, 5.74) is 3.09. The zero-order valence-corrected chi connectivity index (χ0v) is 15.7. The molecule has 0 bridgehead atoms. The van der Waals surface area contributed by atoms with Gasteiger partial charge < -0.3 is 10.0 Å². The van der Waals surface area contributed by atoms with E-state index in [0.29, 0.717) is 5.92 Å². The molecule has 1 spiro atoms. The third kappa shape index (κ3) is 3.46. The van der Waals surface area contributed by atoms with Crippen LogP contribution in [0.25, 0.3) is 6.08 Å². The van der Waals surface area contributed by atoms with Gasteiger partial charge in [0.25, 0.3) is 0 Å². The van der Waals surface area contributed by atoms with Crippen LogP contribution in [0, 0.1) is 11.8 Å². The fourth-order valence-corrected chi connectivity index (χ4v) is 5.47. The molecule has 1 aromatic carbocycles. The van der Waals surface area contributed by atoms with Gasteiger partial charge in [-0.1, -0.05) is 55.7 Å². The molecule has 2 fully saturated rings. The monoisotopic (exact) mass is 353 g/mol. The Hall–Kier alpha value is -1.61. The van der Waals surface area contributed by atoms with E-state index in [4.69, 9.17) is 0 Å². The van der Waals surface area contributed by atoms with Crippen LogP contribution in [-0.4, -0.2) is 35.6 Å². The van der Waals surface area contributed by atoms with Gasteiger partial charge in [-0.3, -0.25) is 4.79 Å². The van der Waals surface area contributed by atoms with Crippen molar-refractivity contribution in [2.24, 2.45) is 11.8 Å². The van der Waals surface area contributed by atoms with E-state index in [1.807, 2.05) is 0 Å². The van der Waals surface area contributed by atoms with Gasteiger partial charge >= 0.3 is 5.97 Å². The Morgan fingerprint density at radius 1 is 1.15 bits per heavy atom. The minimum Gasteiger partial charge on any atom is -0.481 e. The van der Waals surface area contributed by atoms with E-state index in [9.17, 15) is 9.90 Å². The van der Waals surface area contributed by atoms with Crippen molar-refractivity contribution in [2.45, 2.75) is 56.8 Å². The van der Waals surface area contributed by atoms with Crippen LogP contribution < -0.4 is 0 Å². The summed E-state index contributed by atoms with van der Waals surface area (Å²) in [7, 11) is 0. The first-order chi connectivity index (χ1) is 12.7. The number of aliphatic carboxylic acids is 1. The lowest BCUT2D eigenvalue weighted by molar-refractivity contribution is -0.144. The van der Waals surface area contributed by atoms with Gasteiger partial charge in [-0.25, -0.2) is 0 Å². The van der Waals surface area contributed by atoms with Crippen molar-refractivity contribution in [1.29, 1.82) is 0 Å². The Balaban J connectivity index is 1.33. The average molecular weight is 354 g/mol. The summed E-state index contributed by atoms with van der Waals surface area (Å²) in [5.74, 6) is -0.307. The fraction of sp³-hybridized carbons (Fsp3) is 0.609. The Morgan fingerprint density at radius 2 is 1.88 bits per heavy atom. The maximum absolute atomic E-state index is 11.8. The predicted octanol–water partition coefficient (Wildman–Crippen LogP) is 4.72. The molecule has 1 heterocycles. The molecule has 1 unspecified atom stereocenters. The van der Waals surface area contributed by atoms with E-state index in [0.717, 1.165) is 51.7 Å². The highest BCUT2D eigenvalue weighted by atomic mass is 16.4. The molecule has 0 aromatic heterocycles. The maximum Gasteiger partial charge on any atom is 0.306 e. The number of carboxylic acids is 1. The van der Waals surface area contributed by atoms with E-state index < -0.39 is 5.97 Å². The predicted molar refractivity (Wildman–Crippen MR) is 105 cm³/mol. The number of piperidine rings is 1. The van der Waals surface area contributed by atoms with Crippen LogP contribution in [0.15, 0.2) is 30.3 Å². The summed E-state index contributed by atoms with van der Waals surface area (Å²) >= 11 is 0. The second-order valence-corrected chi connectivity index (χ2v) is 8.55. The number of hydrogen-bond acceptors (Lipinski definition) is 2. The SMILES string of the molecule is O=C(O)C(CCN1CCC2(C=Cc3ccccc32)CC1)C1CCCCC1. The normalized spacial score (nSPS) is 23.8. The fourth-order valence-electron chi connectivity index (χ4n) is 5.47. The molecular weight excluding hydrogens is 322 g/mol. The van der Waals surface area contributed by atoms with Gasteiger partial charge in [0.05, 0.1) is 5.92 Å². The topological polar surface area (TPSA) is 40.5 Å². The van der Waals surface area contributed by atoms with Crippen molar-refractivity contribution in [3.8, 4) is 0 Å². The van der Waals surface area contributed by atoms with Gasteiger partial charge in [0, 0.05) is 5.41 Å².